The van der Waals surface area contributed by atoms with E-state index in [9.17, 15) is 14.9 Å². The maximum Gasteiger partial charge on any atom is 0.339 e. The number of hydrogen-bond acceptors (Lipinski definition) is 4. The molecule has 0 atom stereocenters. The summed E-state index contributed by atoms with van der Waals surface area (Å²) in [5.74, 6) is -1.10. The molecule has 0 bridgehead atoms. The van der Waals surface area contributed by atoms with E-state index in [1.54, 1.807) is 13.0 Å². The van der Waals surface area contributed by atoms with Crippen LogP contribution in [0.3, 0.4) is 0 Å². The summed E-state index contributed by atoms with van der Waals surface area (Å²) in [5.41, 5.74) is 1.37. The van der Waals surface area contributed by atoms with Gasteiger partial charge in [0.1, 0.15) is 5.56 Å². The van der Waals surface area contributed by atoms with Crippen molar-refractivity contribution in [3.8, 4) is 11.3 Å². The minimum atomic E-state index is -1.10. The van der Waals surface area contributed by atoms with Crippen LogP contribution in [0, 0.1) is 17.0 Å². The molecule has 18 heavy (non-hydrogen) atoms. The summed E-state index contributed by atoms with van der Waals surface area (Å²) < 4.78 is 0. The summed E-state index contributed by atoms with van der Waals surface area (Å²) in [6, 6.07) is 4.39. The van der Waals surface area contributed by atoms with Crippen LogP contribution in [0.5, 0.6) is 0 Å². The minimum absolute atomic E-state index is 0.00450. The zero-order valence-corrected chi connectivity index (χ0v) is 9.38. The van der Waals surface area contributed by atoms with Crippen molar-refractivity contribution < 1.29 is 14.8 Å². The first-order valence-electron chi connectivity index (χ1n) is 5.03. The van der Waals surface area contributed by atoms with Gasteiger partial charge in [0.15, 0.2) is 0 Å². The molecular formula is C11H9N3O4. The molecule has 1 aromatic carbocycles. The van der Waals surface area contributed by atoms with Crippen molar-refractivity contribution in [3.05, 3.63) is 45.6 Å². The topological polar surface area (TPSA) is 109 Å². The molecule has 0 amide bonds. The third kappa shape index (κ3) is 1.93. The summed E-state index contributed by atoms with van der Waals surface area (Å²) in [7, 11) is 0. The molecule has 0 unspecified atom stereocenters. The van der Waals surface area contributed by atoms with Crippen LogP contribution in [0.4, 0.5) is 5.69 Å². The van der Waals surface area contributed by atoms with Crippen LogP contribution < -0.4 is 0 Å². The van der Waals surface area contributed by atoms with Crippen LogP contribution in [0.15, 0.2) is 24.4 Å². The van der Waals surface area contributed by atoms with Crippen LogP contribution in [0.1, 0.15) is 15.9 Å². The lowest BCUT2D eigenvalue weighted by Gasteiger charge is -2.02. The third-order valence-electron chi connectivity index (χ3n) is 2.55. The van der Waals surface area contributed by atoms with E-state index in [1.807, 2.05) is 0 Å². The Morgan fingerprint density at radius 3 is 2.78 bits per heavy atom. The van der Waals surface area contributed by atoms with Crippen molar-refractivity contribution in [1.29, 1.82) is 0 Å². The molecule has 0 aliphatic rings. The number of H-pyrrole nitrogens is 1. The average Bonchev–Trinajstić information content (AvgIpc) is 2.77. The first-order valence-corrected chi connectivity index (χ1v) is 5.03. The number of aromatic nitrogens is 2. The van der Waals surface area contributed by atoms with Crippen LogP contribution in [-0.4, -0.2) is 26.2 Å². The highest BCUT2D eigenvalue weighted by molar-refractivity contribution is 5.94. The average molecular weight is 247 g/mol. The third-order valence-corrected chi connectivity index (χ3v) is 2.55. The lowest BCUT2D eigenvalue weighted by Crippen LogP contribution is -1.97. The van der Waals surface area contributed by atoms with Gasteiger partial charge in [-0.05, 0) is 19.1 Å². The highest BCUT2D eigenvalue weighted by Gasteiger charge is 2.16. The van der Waals surface area contributed by atoms with Crippen LogP contribution >= 0.6 is 0 Å². The maximum atomic E-state index is 10.9. The van der Waals surface area contributed by atoms with Gasteiger partial charge in [-0.2, -0.15) is 5.10 Å². The molecule has 7 nitrogen and oxygen atoms in total. The van der Waals surface area contributed by atoms with Crippen molar-refractivity contribution in [2.24, 2.45) is 0 Å². The van der Waals surface area contributed by atoms with Crippen molar-refractivity contribution in [1.82, 2.24) is 10.2 Å². The predicted octanol–water partition coefficient (Wildman–Crippen LogP) is 1.99. The Bertz CT molecular complexity index is 633. The molecule has 0 radical (unpaired) electrons. The van der Waals surface area contributed by atoms with Gasteiger partial charge in [0.2, 0.25) is 0 Å². The summed E-state index contributed by atoms with van der Waals surface area (Å²) >= 11 is 0. The Morgan fingerprint density at radius 2 is 2.22 bits per heavy atom. The summed E-state index contributed by atoms with van der Waals surface area (Å²) in [4.78, 5) is 21.2. The number of nitro groups is 1. The van der Waals surface area contributed by atoms with Gasteiger partial charge in [-0.1, -0.05) is 0 Å². The van der Waals surface area contributed by atoms with E-state index >= 15 is 0 Å². The molecule has 1 aromatic heterocycles. The van der Waals surface area contributed by atoms with Gasteiger partial charge in [0, 0.05) is 17.2 Å². The molecular weight excluding hydrogens is 238 g/mol. The number of nitrogens with one attached hydrogen (secondary N) is 1. The second-order valence-electron chi connectivity index (χ2n) is 3.72. The van der Waals surface area contributed by atoms with E-state index < -0.39 is 10.9 Å². The molecule has 0 saturated carbocycles. The number of nitrogens with zero attached hydrogens (tertiary/aromatic N) is 2. The van der Waals surface area contributed by atoms with Crippen LogP contribution in [0.25, 0.3) is 11.3 Å². The number of rotatable bonds is 3. The van der Waals surface area contributed by atoms with E-state index in [2.05, 4.69) is 10.2 Å². The number of carboxylic acids is 1. The molecule has 2 N–H and O–H groups in total. The first-order chi connectivity index (χ1) is 8.50. The van der Waals surface area contributed by atoms with Gasteiger partial charge < -0.3 is 5.11 Å². The Morgan fingerprint density at radius 1 is 1.50 bits per heavy atom. The number of benzene rings is 1. The fourth-order valence-electron chi connectivity index (χ4n) is 1.68. The molecule has 7 heteroatoms. The minimum Gasteiger partial charge on any atom is -0.478 e. The van der Waals surface area contributed by atoms with Gasteiger partial charge in [-0.15, -0.1) is 0 Å². The fourth-order valence-corrected chi connectivity index (χ4v) is 1.68. The van der Waals surface area contributed by atoms with Crippen molar-refractivity contribution in [2.45, 2.75) is 6.92 Å². The van der Waals surface area contributed by atoms with Crippen molar-refractivity contribution in [3.63, 3.8) is 0 Å². The Labute approximate surface area is 101 Å². The molecule has 0 fully saturated rings. The molecule has 92 valence electrons. The zero-order valence-electron chi connectivity index (χ0n) is 9.38. The molecule has 2 aromatic rings. The number of nitro benzene ring substituents is 1. The van der Waals surface area contributed by atoms with Gasteiger partial charge in [0.05, 0.1) is 16.8 Å². The van der Waals surface area contributed by atoms with Crippen LogP contribution in [-0.2, 0) is 0 Å². The SMILES string of the molecule is Cc1cc(-c2[nH]ncc2C(=O)O)ccc1[N+](=O)[O-]. The largest absolute Gasteiger partial charge is 0.478 e. The van der Waals surface area contributed by atoms with Crippen molar-refractivity contribution >= 4 is 11.7 Å². The standard InChI is InChI=1S/C11H9N3O4/c1-6-4-7(2-3-9(6)14(17)18)10-8(11(15)16)5-12-13-10/h2-5H,1H3,(H,12,13)(H,15,16). The van der Waals surface area contributed by atoms with E-state index in [0.29, 0.717) is 16.8 Å². The van der Waals surface area contributed by atoms with Crippen molar-refractivity contribution in [2.75, 3.05) is 0 Å². The highest BCUT2D eigenvalue weighted by Crippen LogP contribution is 2.26. The van der Waals surface area contributed by atoms with E-state index in [0.717, 1.165) is 0 Å². The molecule has 0 saturated heterocycles. The van der Waals surface area contributed by atoms with Gasteiger partial charge in [-0.3, -0.25) is 15.2 Å². The molecule has 0 aliphatic heterocycles. The normalized spacial score (nSPS) is 10.3. The number of aromatic carboxylic acids is 1. The highest BCUT2D eigenvalue weighted by atomic mass is 16.6. The summed E-state index contributed by atoms with van der Waals surface area (Å²) in [6.45, 7) is 1.60. The Balaban J connectivity index is 2.52. The lowest BCUT2D eigenvalue weighted by atomic mass is 10.0. The van der Waals surface area contributed by atoms with Gasteiger partial charge in [-0.25, -0.2) is 4.79 Å². The second-order valence-corrected chi connectivity index (χ2v) is 3.72. The van der Waals surface area contributed by atoms with E-state index in [4.69, 9.17) is 5.11 Å². The quantitative estimate of drug-likeness (QED) is 0.636. The molecule has 2 rings (SSSR count). The monoisotopic (exact) mass is 247 g/mol. The number of carbonyl (C=O) groups is 1. The van der Waals surface area contributed by atoms with Gasteiger partial charge in [0.25, 0.3) is 5.69 Å². The summed E-state index contributed by atoms with van der Waals surface area (Å²) in [6.07, 6.45) is 1.20. The number of hydrogen-bond donors (Lipinski definition) is 2. The van der Waals surface area contributed by atoms with E-state index in [1.165, 1.54) is 18.3 Å². The van der Waals surface area contributed by atoms with E-state index in [-0.39, 0.29) is 11.3 Å². The smallest absolute Gasteiger partial charge is 0.339 e. The maximum absolute atomic E-state index is 10.9. The van der Waals surface area contributed by atoms with Gasteiger partial charge >= 0.3 is 5.97 Å². The Hall–Kier alpha value is -2.70. The number of aromatic amines is 1. The molecule has 1 heterocycles. The molecule has 0 spiro atoms. The number of carboxylic acid groups (broad SMARTS) is 1. The molecule has 0 aliphatic carbocycles. The first kappa shape index (κ1) is 11.8. The Kier molecular flexibility index (Phi) is 2.80. The summed E-state index contributed by atoms with van der Waals surface area (Å²) in [5, 5.41) is 25.9. The predicted molar refractivity (Wildman–Crippen MR) is 62.4 cm³/mol. The second kappa shape index (κ2) is 4.28. The fraction of sp³-hybridized carbons (Fsp3) is 0.0909. The number of aryl methyl sites for hydroxylation is 1. The lowest BCUT2D eigenvalue weighted by molar-refractivity contribution is -0.385. The van der Waals surface area contributed by atoms with Crippen LogP contribution in [0.2, 0.25) is 0 Å². The zero-order chi connectivity index (χ0) is 13.3.